The maximum Gasteiger partial charge on any atom is 0.166 e. The first-order chi connectivity index (χ1) is 8.78. The average molecular weight is 246 g/mol. The molecule has 1 saturated carbocycles. The fraction of sp³-hybridized carbons (Fsp3) is 0.462. The number of anilines is 1. The molecule has 3 rings (SSSR count). The molecular formula is C13H18N4O. The molecule has 2 aliphatic rings. The topological polar surface area (TPSA) is 63.4 Å². The van der Waals surface area contributed by atoms with Crippen molar-refractivity contribution in [1.29, 1.82) is 0 Å². The van der Waals surface area contributed by atoms with E-state index in [9.17, 15) is 0 Å². The summed E-state index contributed by atoms with van der Waals surface area (Å²) >= 11 is 0. The van der Waals surface area contributed by atoms with Crippen LogP contribution in [0.2, 0.25) is 0 Å². The molecule has 0 amide bonds. The van der Waals surface area contributed by atoms with E-state index in [4.69, 9.17) is 10.5 Å². The summed E-state index contributed by atoms with van der Waals surface area (Å²) < 4.78 is 5.20. The Hall–Kier alpha value is -1.75. The third-order valence-electron chi connectivity index (χ3n) is 3.68. The predicted octanol–water partition coefficient (Wildman–Crippen LogP) is 1.60. The van der Waals surface area contributed by atoms with Crippen LogP contribution in [-0.2, 0) is 0 Å². The number of pyridine rings is 1. The summed E-state index contributed by atoms with van der Waals surface area (Å²) in [6, 6.07) is 2.75. The van der Waals surface area contributed by atoms with Crippen LogP contribution < -0.4 is 15.9 Å². The molecule has 5 heteroatoms. The molecule has 0 radical (unpaired) electrons. The highest BCUT2D eigenvalue weighted by molar-refractivity contribution is 5.48. The molecule has 1 atom stereocenters. The second-order valence-electron chi connectivity index (χ2n) is 4.80. The molecule has 1 fully saturated rings. The Morgan fingerprint density at radius 3 is 3.00 bits per heavy atom. The van der Waals surface area contributed by atoms with Crippen molar-refractivity contribution >= 4 is 5.82 Å². The lowest BCUT2D eigenvalue weighted by molar-refractivity contribution is 0.131. The highest BCUT2D eigenvalue weighted by atomic mass is 16.5. The molecule has 0 saturated heterocycles. The van der Waals surface area contributed by atoms with Crippen LogP contribution in [0, 0.1) is 0 Å². The van der Waals surface area contributed by atoms with Crippen molar-refractivity contribution in [2.24, 2.45) is 0 Å². The maximum atomic E-state index is 5.72. The van der Waals surface area contributed by atoms with E-state index in [-0.39, 0.29) is 6.04 Å². The Kier molecular flexibility index (Phi) is 2.83. The van der Waals surface area contributed by atoms with Crippen LogP contribution in [-0.4, -0.2) is 23.1 Å². The van der Waals surface area contributed by atoms with Crippen LogP contribution in [0.25, 0.3) is 0 Å². The van der Waals surface area contributed by atoms with E-state index in [1.165, 1.54) is 19.3 Å². The van der Waals surface area contributed by atoms with Crippen LogP contribution in [0.15, 0.2) is 24.5 Å². The molecule has 1 aromatic rings. The van der Waals surface area contributed by atoms with Gasteiger partial charge in [0.25, 0.3) is 0 Å². The summed E-state index contributed by atoms with van der Waals surface area (Å²) in [5.41, 5.74) is 10.3. The van der Waals surface area contributed by atoms with Crippen LogP contribution in [0.3, 0.4) is 0 Å². The van der Waals surface area contributed by atoms with Crippen LogP contribution in [0.4, 0.5) is 5.82 Å². The van der Waals surface area contributed by atoms with Crippen molar-refractivity contribution in [2.75, 3.05) is 12.8 Å². The summed E-state index contributed by atoms with van der Waals surface area (Å²) in [5.74, 6) is 1.06. The molecule has 5 nitrogen and oxygen atoms in total. The fourth-order valence-electron chi connectivity index (χ4n) is 2.31. The zero-order valence-electron chi connectivity index (χ0n) is 10.5. The zero-order valence-corrected chi connectivity index (χ0v) is 10.5. The Bertz CT molecular complexity index is 470. The maximum absolute atomic E-state index is 5.72. The SMILES string of the molecule is COc1cc(C2C=CN(C3CCC3)N2)cnc1N. The van der Waals surface area contributed by atoms with Gasteiger partial charge in [0.15, 0.2) is 11.6 Å². The van der Waals surface area contributed by atoms with Crippen molar-refractivity contribution < 1.29 is 4.74 Å². The third-order valence-corrected chi connectivity index (χ3v) is 3.68. The molecule has 1 aromatic heterocycles. The molecule has 96 valence electrons. The molecule has 1 unspecified atom stereocenters. The molecule has 0 bridgehead atoms. The highest BCUT2D eigenvalue weighted by Gasteiger charge is 2.28. The van der Waals surface area contributed by atoms with E-state index in [0.29, 0.717) is 17.6 Å². The van der Waals surface area contributed by atoms with Crippen molar-refractivity contribution in [3.05, 3.63) is 30.1 Å². The number of hydrogen-bond donors (Lipinski definition) is 2. The lowest BCUT2D eigenvalue weighted by atomic mass is 9.93. The number of hydrazine groups is 1. The Labute approximate surface area is 107 Å². The average Bonchev–Trinajstić information content (AvgIpc) is 2.76. The lowest BCUT2D eigenvalue weighted by Crippen LogP contribution is -2.43. The number of nitrogens with two attached hydrogens (primary N) is 1. The predicted molar refractivity (Wildman–Crippen MR) is 69.7 cm³/mol. The minimum atomic E-state index is 0.160. The summed E-state index contributed by atoms with van der Waals surface area (Å²) in [6.07, 6.45) is 9.94. The first kappa shape index (κ1) is 11.3. The number of rotatable bonds is 3. The van der Waals surface area contributed by atoms with Gasteiger partial charge in [-0.25, -0.2) is 10.4 Å². The summed E-state index contributed by atoms with van der Waals surface area (Å²) in [6.45, 7) is 0. The highest BCUT2D eigenvalue weighted by Crippen LogP contribution is 2.30. The molecule has 1 aliphatic carbocycles. The van der Waals surface area contributed by atoms with Gasteiger partial charge >= 0.3 is 0 Å². The van der Waals surface area contributed by atoms with Gasteiger partial charge < -0.3 is 15.5 Å². The van der Waals surface area contributed by atoms with E-state index in [0.717, 1.165) is 5.56 Å². The fourth-order valence-corrected chi connectivity index (χ4v) is 2.31. The van der Waals surface area contributed by atoms with Crippen molar-refractivity contribution in [2.45, 2.75) is 31.3 Å². The molecule has 2 heterocycles. The number of methoxy groups -OCH3 is 1. The number of ether oxygens (including phenoxy) is 1. The van der Waals surface area contributed by atoms with E-state index in [1.807, 2.05) is 6.07 Å². The number of nitrogens with one attached hydrogen (secondary N) is 1. The largest absolute Gasteiger partial charge is 0.493 e. The summed E-state index contributed by atoms with van der Waals surface area (Å²) in [7, 11) is 1.61. The van der Waals surface area contributed by atoms with Gasteiger partial charge in [-0.2, -0.15) is 0 Å². The molecule has 0 spiro atoms. The van der Waals surface area contributed by atoms with Crippen molar-refractivity contribution in [3.63, 3.8) is 0 Å². The van der Waals surface area contributed by atoms with E-state index >= 15 is 0 Å². The summed E-state index contributed by atoms with van der Waals surface area (Å²) in [4.78, 5) is 4.16. The Balaban J connectivity index is 1.74. The van der Waals surface area contributed by atoms with Gasteiger partial charge in [-0.1, -0.05) is 0 Å². The molecule has 3 N–H and O–H groups in total. The molecule has 0 aromatic carbocycles. The molecular weight excluding hydrogens is 228 g/mol. The minimum absolute atomic E-state index is 0.160. The van der Waals surface area contributed by atoms with Crippen LogP contribution in [0.5, 0.6) is 5.75 Å². The van der Waals surface area contributed by atoms with Crippen LogP contribution >= 0.6 is 0 Å². The number of aromatic nitrogens is 1. The first-order valence-corrected chi connectivity index (χ1v) is 6.30. The lowest BCUT2D eigenvalue weighted by Gasteiger charge is -2.35. The van der Waals surface area contributed by atoms with E-state index < -0.39 is 0 Å². The van der Waals surface area contributed by atoms with Crippen LogP contribution in [0.1, 0.15) is 30.9 Å². The van der Waals surface area contributed by atoms with Gasteiger partial charge in [-0.3, -0.25) is 0 Å². The van der Waals surface area contributed by atoms with Gasteiger partial charge in [0.05, 0.1) is 13.2 Å². The van der Waals surface area contributed by atoms with Gasteiger partial charge in [-0.05, 0) is 37.0 Å². The normalized spacial score (nSPS) is 23.2. The van der Waals surface area contributed by atoms with Crippen molar-refractivity contribution in [3.8, 4) is 5.75 Å². The number of hydrogen-bond acceptors (Lipinski definition) is 5. The Morgan fingerprint density at radius 1 is 1.50 bits per heavy atom. The van der Waals surface area contributed by atoms with Gasteiger partial charge in [-0.15, -0.1) is 0 Å². The standard InChI is InChI=1S/C13H18N4O/c1-18-12-7-9(8-15-13(12)14)11-5-6-17(16-11)10-3-2-4-10/h5-8,10-11,16H,2-4H2,1H3,(H2,14,15). The smallest absolute Gasteiger partial charge is 0.166 e. The zero-order chi connectivity index (χ0) is 12.5. The first-order valence-electron chi connectivity index (χ1n) is 6.30. The Morgan fingerprint density at radius 2 is 2.33 bits per heavy atom. The number of nitrogens with zero attached hydrogens (tertiary/aromatic N) is 2. The molecule has 18 heavy (non-hydrogen) atoms. The monoisotopic (exact) mass is 246 g/mol. The summed E-state index contributed by atoms with van der Waals surface area (Å²) in [5, 5.41) is 2.21. The van der Waals surface area contributed by atoms with Gasteiger partial charge in [0.2, 0.25) is 0 Å². The van der Waals surface area contributed by atoms with Crippen molar-refractivity contribution in [1.82, 2.24) is 15.4 Å². The molecule has 1 aliphatic heterocycles. The van der Waals surface area contributed by atoms with Gasteiger partial charge in [0.1, 0.15) is 0 Å². The second kappa shape index (κ2) is 4.49. The van der Waals surface area contributed by atoms with Gasteiger partial charge in [0, 0.05) is 18.4 Å². The number of nitrogen functional groups attached to an aromatic ring is 1. The van der Waals surface area contributed by atoms with E-state index in [1.54, 1.807) is 13.3 Å². The second-order valence-corrected chi connectivity index (χ2v) is 4.80. The van der Waals surface area contributed by atoms with E-state index in [2.05, 4.69) is 27.7 Å². The quantitative estimate of drug-likeness (QED) is 0.848. The third kappa shape index (κ3) is 1.90. The minimum Gasteiger partial charge on any atom is -0.493 e.